The Bertz CT molecular complexity index is 746. The van der Waals surface area contributed by atoms with Gasteiger partial charge in [-0.1, -0.05) is 39.3 Å². The van der Waals surface area contributed by atoms with Crippen molar-refractivity contribution in [1.82, 2.24) is 4.31 Å². The Balaban J connectivity index is 3.44. The van der Waals surface area contributed by atoms with Gasteiger partial charge in [0.15, 0.2) is 9.84 Å². The van der Waals surface area contributed by atoms with Gasteiger partial charge in [0.2, 0.25) is 10.0 Å². The van der Waals surface area contributed by atoms with Gasteiger partial charge in [0.25, 0.3) is 0 Å². The summed E-state index contributed by atoms with van der Waals surface area (Å²) in [5, 5.41) is 0.0231. The van der Waals surface area contributed by atoms with Crippen molar-refractivity contribution in [3.63, 3.8) is 0 Å². The van der Waals surface area contributed by atoms with Gasteiger partial charge in [-0.25, -0.2) is 16.8 Å². The van der Waals surface area contributed by atoms with Gasteiger partial charge < -0.3 is 0 Å². The summed E-state index contributed by atoms with van der Waals surface area (Å²) in [5.74, 6) is 0.279. The molecule has 0 fully saturated rings. The van der Waals surface area contributed by atoms with E-state index in [0.717, 1.165) is 12.3 Å². The molecule has 0 aliphatic carbocycles. The molecule has 1 rings (SSSR count). The average molecular weight is 382 g/mol. The molecule has 0 saturated heterocycles. The summed E-state index contributed by atoms with van der Waals surface area (Å²) < 4.78 is 50.7. The first-order chi connectivity index (χ1) is 10.4. The third-order valence-corrected chi connectivity index (χ3v) is 6.51. The molecule has 5 nitrogen and oxygen atoms in total. The smallest absolute Gasteiger partial charge is 0.224 e. The lowest BCUT2D eigenvalue weighted by atomic mass is 10.2. The Kier molecular flexibility index (Phi) is 6.66. The monoisotopic (exact) mass is 381 g/mol. The normalized spacial score (nSPS) is 13.3. The van der Waals surface area contributed by atoms with Crippen molar-refractivity contribution in [3.8, 4) is 0 Å². The van der Waals surface area contributed by atoms with Crippen molar-refractivity contribution >= 4 is 31.5 Å². The minimum Gasteiger partial charge on any atom is -0.224 e. The van der Waals surface area contributed by atoms with E-state index in [1.807, 2.05) is 27.7 Å². The van der Waals surface area contributed by atoms with E-state index in [1.165, 1.54) is 16.4 Å². The van der Waals surface area contributed by atoms with Gasteiger partial charge in [-0.2, -0.15) is 4.31 Å². The van der Waals surface area contributed by atoms with Crippen LogP contribution in [0, 0.1) is 11.8 Å². The quantitative estimate of drug-likeness (QED) is 0.727. The molecule has 8 heteroatoms. The maximum absolute atomic E-state index is 13.0. The van der Waals surface area contributed by atoms with E-state index >= 15 is 0 Å². The fraction of sp³-hybridized carbons (Fsp3) is 0.600. The fourth-order valence-corrected chi connectivity index (χ4v) is 5.13. The van der Waals surface area contributed by atoms with Crippen LogP contribution in [0.5, 0.6) is 0 Å². The Labute approximate surface area is 144 Å². The van der Waals surface area contributed by atoms with Crippen LogP contribution in [-0.2, 0) is 19.9 Å². The van der Waals surface area contributed by atoms with Gasteiger partial charge in [-0.05, 0) is 30.0 Å². The molecule has 0 aliphatic heterocycles. The number of nitrogens with zero attached hydrogens (tertiary/aromatic N) is 1. The summed E-state index contributed by atoms with van der Waals surface area (Å²) >= 11 is 6.05. The van der Waals surface area contributed by atoms with E-state index < -0.39 is 19.9 Å². The Hall–Kier alpha value is -0.630. The molecular weight excluding hydrogens is 358 g/mol. The summed E-state index contributed by atoms with van der Waals surface area (Å²) in [6.45, 7) is 8.41. The number of hydrogen-bond acceptors (Lipinski definition) is 4. The highest BCUT2D eigenvalue weighted by molar-refractivity contribution is 7.91. The second-order valence-corrected chi connectivity index (χ2v) is 10.8. The van der Waals surface area contributed by atoms with Crippen LogP contribution in [0.3, 0.4) is 0 Å². The maximum Gasteiger partial charge on any atom is 0.244 e. The van der Waals surface area contributed by atoms with E-state index in [0.29, 0.717) is 13.1 Å². The van der Waals surface area contributed by atoms with Crippen LogP contribution in [0.4, 0.5) is 0 Å². The molecule has 0 heterocycles. The van der Waals surface area contributed by atoms with Gasteiger partial charge in [0, 0.05) is 19.3 Å². The van der Waals surface area contributed by atoms with Crippen LogP contribution in [0.2, 0.25) is 5.02 Å². The zero-order valence-corrected chi connectivity index (χ0v) is 16.5. The van der Waals surface area contributed by atoms with Gasteiger partial charge in [0.05, 0.1) is 9.92 Å². The topological polar surface area (TPSA) is 71.5 Å². The molecular formula is C15H24ClNO4S2. The van der Waals surface area contributed by atoms with Crippen molar-refractivity contribution < 1.29 is 16.8 Å². The van der Waals surface area contributed by atoms with Crippen molar-refractivity contribution in [2.75, 3.05) is 19.3 Å². The van der Waals surface area contributed by atoms with Crippen LogP contribution in [0.1, 0.15) is 27.7 Å². The maximum atomic E-state index is 13.0. The summed E-state index contributed by atoms with van der Waals surface area (Å²) in [4.78, 5) is -0.224. The lowest BCUT2D eigenvalue weighted by Gasteiger charge is -2.26. The molecule has 1 aromatic carbocycles. The van der Waals surface area contributed by atoms with Gasteiger partial charge in [0.1, 0.15) is 4.90 Å². The zero-order chi connectivity index (χ0) is 18.0. The lowest BCUT2D eigenvalue weighted by molar-refractivity contribution is 0.333. The lowest BCUT2D eigenvalue weighted by Crippen LogP contribution is -2.37. The van der Waals surface area contributed by atoms with E-state index in [9.17, 15) is 16.8 Å². The second-order valence-electron chi connectivity index (χ2n) is 6.47. The molecule has 0 spiro atoms. The largest absolute Gasteiger partial charge is 0.244 e. The number of hydrogen-bond donors (Lipinski definition) is 0. The van der Waals surface area contributed by atoms with E-state index in [2.05, 4.69) is 0 Å². The van der Waals surface area contributed by atoms with Crippen LogP contribution in [0.25, 0.3) is 0 Å². The Morgan fingerprint density at radius 1 is 1.00 bits per heavy atom. The highest BCUT2D eigenvalue weighted by Gasteiger charge is 2.29. The Morgan fingerprint density at radius 3 is 1.87 bits per heavy atom. The van der Waals surface area contributed by atoms with Gasteiger partial charge in [-0.15, -0.1) is 0 Å². The second kappa shape index (κ2) is 7.51. The standard InChI is InChI=1S/C15H24ClNO4S2/c1-11(2)9-17(10-12(3)4)23(20,21)15-8-13(22(5,18)19)6-7-14(15)16/h6-8,11-12H,9-10H2,1-5H3. The van der Waals surface area contributed by atoms with E-state index in [1.54, 1.807) is 0 Å². The van der Waals surface area contributed by atoms with Gasteiger partial charge >= 0.3 is 0 Å². The van der Waals surface area contributed by atoms with Crippen LogP contribution >= 0.6 is 11.6 Å². The first-order valence-electron chi connectivity index (χ1n) is 7.35. The predicted octanol–water partition coefficient (Wildman–Crippen LogP) is 3.05. The van der Waals surface area contributed by atoms with Crippen LogP contribution in [0.15, 0.2) is 28.0 Å². The predicted molar refractivity (Wildman–Crippen MR) is 93.0 cm³/mol. The number of rotatable bonds is 7. The Morgan fingerprint density at radius 2 is 1.48 bits per heavy atom. The summed E-state index contributed by atoms with van der Waals surface area (Å²) in [5.41, 5.74) is 0. The highest BCUT2D eigenvalue weighted by atomic mass is 35.5. The highest BCUT2D eigenvalue weighted by Crippen LogP contribution is 2.28. The molecule has 132 valence electrons. The van der Waals surface area contributed by atoms with Crippen LogP contribution in [-0.4, -0.2) is 40.5 Å². The molecule has 0 atom stereocenters. The minimum absolute atomic E-state index is 0.0231. The number of sulfone groups is 1. The van der Waals surface area contributed by atoms with Gasteiger partial charge in [-0.3, -0.25) is 0 Å². The summed E-state index contributed by atoms with van der Waals surface area (Å²) in [7, 11) is -7.38. The first kappa shape index (κ1) is 20.4. The van der Waals surface area contributed by atoms with E-state index in [4.69, 9.17) is 11.6 Å². The molecule has 0 bridgehead atoms. The molecule has 0 aliphatic rings. The molecule has 0 amide bonds. The zero-order valence-electron chi connectivity index (χ0n) is 14.1. The number of benzene rings is 1. The van der Waals surface area contributed by atoms with Crippen LogP contribution < -0.4 is 0 Å². The first-order valence-corrected chi connectivity index (χ1v) is 11.1. The van der Waals surface area contributed by atoms with Crippen molar-refractivity contribution in [3.05, 3.63) is 23.2 Å². The van der Waals surface area contributed by atoms with Crippen molar-refractivity contribution in [2.24, 2.45) is 11.8 Å². The molecule has 0 aromatic heterocycles. The SMILES string of the molecule is CC(C)CN(CC(C)C)S(=O)(=O)c1cc(S(C)(=O)=O)ccc1Cl. The summed E-state index contributed by atoms with van der Waals surface area (Å²) in [6.07, 6.45) is 1.03. The molecule has 0 radical (unpaired) electrons. The molecule has 0 saturated carbocycles. The molecule has 1 aromatic rings. The third kappa shape index (κ3) is 5.45. The van der Waals surface area contributed by atoms with E-state index in [-0.39, 0.29) is 26.6 Å². The molecule has 0 N–H and O–H groups in total. The van der Waals surface area contributed by atoms with Crippen molar-refractivity contribution in [1.29, 1.82) is 0 Å². The molecule has 0 unspecified atom stereocenters. The molecule has 23 heavy (non-hydrogen) atoms. The minimum atomic E-state index is -3.87. The third-order valence-electron chi connectivity index (χ3n) is 3.09. The number of halogens is 1. The average Bonchev–Trinajstić information content (AvgIpc) is 2.35. The van der Waals surface area contributed by atoms with Crippen molar-refractivity contribution in [2.45, 2.75) is 37.5 Å². The fourth-order valence-electron chi connectivity index (χ4n) is 2.14. The summed E-state index contributed by atoms with van der Waals surface area (Å²) in [6, 6.07) is 3.76. The number of sulfonamides is 1.